The van der Waals surface area contributed by atoms with Crippen LogP contribution < -0.4 is 8.32 Å². The zero-order valence-electron chi connectivity index (χ0n) is 18.2. The molecule has 0 N–H and O–H groups in total. The number of rotatable bonds is 14. The summed E-state index contributed by atoms with van der Waals surface area (Å²) in [6.07, 6.45) is 7.80. The second-order valence-electron chi connectivity index (χ2n) is 7.85. The van der Waals surface area contributed by atoms with Gasteiger partial charge in [-0.3, -0.25) is 0 Å². The number of benzene rings is 1. The molecule has 0 aliphatic carbocycles. The van der Waals surface area contributed by atoms with E-state index in [9.17, 15) is 4.79 Å². The van der Waals surface area contributed by atoms with Gasteiger partial charge < -0.3 is 0 Å². The first-order valence-corrected chi connectivity index (χ1v) is 18.4. The summed E-state index contributed by atoms with van der Waals surface area (Å²) in [6.45, 7) is 10.6. The van der Waals surface area contributed by atoms with E-state index in [1.165, 1.54) is 58.8 Å². The molecule has 4 heteroatoms. The molecule has 0 saturated carbocycles. The second kappa shape index (κ2) is 13.5. The van der Waals surface area contributed by atoms with Gasteiger partial charge in [-0.1, -0.05) is 0 Å². The Kier molecular flexibility index (Phi) is 12.1. The molecule has 0 spiro atoms. The van der Waals surface area contributed by atoms with Gasteiger partial charge in [0.15, 0.2) is 0 Å². The van der Waals surface area contributed by atoms with Crippen molar-refractivity contribution in [1.82, 2.24) is 0 Å². The Morgan fingerprint density at radius 3 is 1.81 bits per heavy atom. The molecule has 0 aliphatic heterocycles. The van der Waals surface area contributed by atoms with Gasteiger partial charge in [0.25, 0.3) is 0 Å². The molecule has 0 bridgehead atoms. The number of hydrogen-bond donors (Lipinski definition) is 0. The van der Waals surface area contributed by atoms with Crippen LogP contribution in [0.15, 0.2) is 24.3 Å². The SMILES string of the molecule is CCC[CH2][Sn]([CH2]CCC)([CH2]CCC)[c]1ccc(OC[C@@H](C)OC(C)=O)cc1. The van der Waals surface area contributed by atoms with Gasteiger partial charge in [0, 0.05) is 0 Å². The zero-order valence-corrected chi connectivity index (χ0v) is 21.0. The molecular formula is C23H40O3Sn. The minimum atomic E-state index is -2.34. The van der Waals surface area contributed by atoms with Crippen molar-refractivity contribution in [2.45, 2.75) is 92.6 Å². The summed E-state index contributed by atoms with van der Waals surface area (Å²) in [7, 11) is 0. The fourth-order valence-electron chi connectivity index (χ4n) is 3.79. The first-order valence-electron chi connectivity index (χ1n) is 10.9. The zero-order chi connectivity index (χ0) is 20.1. The van der Waals surface area contributed by atoms with Crippen molar-refractivity contribution < 1.29 is 14.3 Å². The molecule has 0 saturated heterocycles. The van der Waals surface area contributed by atoms with Crippen molar-refractivity contribution in [2.24, 2.45) is 0 Å². The van der Waals surface area contributed by atoms with Crippen LogP contribution in [0.4, 0.5) is 0 Å². The Bertz CT molecular complexity index is 505. The fourth-order valence-corrected chi connectivity index (χ4v) is 19.7. The second-order valence-corrected chi connectivity index (χ2v) is 21.1. The predicted molar refractivity (Wildman–Crippen MR) is 118 cm³/mol. The summed E-state index contributed by atoms with van der Waals surface area (Å²) in [6, 6.07) is 8.96. The van der Waals surface area contributed by atoms with Crippen molar-refractivity contribution in [1.29, 1.82) is 0 Å². The molecule has 3 nitrogen and oxygen atoms in total. The van der Waals surface area contributed by atoms with Gasteiger partial charge in [-0.15, -0.1) is 0 Å². The van der Waals surface area contributed by atoms with E-state index in [2.05, 4.69) is 45.0 Å². The Morgan fingerprint density at radius 1 is 0.926 bits per heavy atom. The van der Waals surface area contributed by atoms with Crippen LogP contribution in [0.5, 0.6) is 5.75 Å². The third-order valence-corrected chi connectivity index (χ3v) is 21.0. The van der Waals surface area contributed by atoms with Gasteiger partial charge in [0.1, 0.15) is 0 Å². The molecule has 27 heavy (non-hydrogen) atoms. The molecule has 0 heterocycles. The van der Waals surface area contributed by atoms with Crippen LogP contribution in [0.2, 0.25) is 13.3 Å². The molecular weight excluding hydrogens is 443 g/mol. The molecule has 0 aromatic heterocycles. The van der Waals surface area contributed by atoms with E-state index in [0.717, 1.165) is 5.75 Å². The average molecular weight is 483 g/mol. The van der Waals surface area contributed by atoms with Gasteiger partial charge in [-0.05, 0) is 0 Å². The molecule has 154 valence electrons. The molecule has 0 fully saturated rings. The molecule has 1 rings (SSSR count). The van der Waals surface area contributed by atoms with Crippen LogP contribution in [0.1, 0.15) is 73.1 Å². The van der Waals surface area contributed by atoms with Gasteiger partial charge >= 0.3 is 171 Å². The molecule has 0 aliphatic rings. The molecule has 0 amide bonds. The first kappa shape index (κ1) is 24.3. The molecule has 0 unspecified atom stereocenters. The van der Waals surface area contributed by atoms with Gasteiger partial charge in [0.2, 0.25) is 0 Å². The number of carbonyl (C=O) groups excluding carboxylic acids is 1. The summed E-state index contributed by atoms with van der Waals surface area (Å²) < 4.78 is 17.1. The Balaban J connectivity index is 2.89. The van der Waals surface area contributed by atoms with Crippen LogP contribution in [-0.4, -0.2) is 37.1 Å². The van der Waals surface area contributed by atoms with Gasteiger partial charge in [-0.25, -0.2) is 0 Å². The van der Waals surface area contributed by atoms with E-state index in [1.54, 1.807) is 3.58 Å². The third-order valence-electron chi connectivity index (χ3n) is 5.35. The Hall–Kier alpha value is -0.711. The quantitative estimate of drug-likeness (QED) is 0.238. The Labute approximate surface area is 171 Å². The van der Waals surface area contributed by atoms with Crippen molar-refractivity contribution in [3.63, 3.8) is 0 Å². The van der Waals surface area contributed by atoms with E-state index < -0.39 is 18.4 Å². The van der Waals surface area contributed by atoms with Crippen molar-refractivity contribution in [2.75, 3.05) is 6.61 Å². The summed E-state index contributed by atoms with van der Waals surface area (Å²) in [4.78, 5) is 11.0. The van der Waals surface area contributed by atoms with E-state index >= 15 is 0 Å². The first-order chi connectivity index (χ1) is 13.0. The van der Waals surface area contributed by atoms with Crippen LogP contribution in [0, 0.1) is 0 Å². The van der Waals surface area contributed by atoms with E-state index in [0.29, 0.717) is 6.61 Å². The Morgan fingerprint density at radius 2 is 1.41 bits per heavy atom. The monoisotopic (exact) mass is 484 g/mol. The van der Waals surface area contributed by atoms with Crippen LogP contribution in [0.3, 0.4) is 0 Å². The predicted octanol–water partition coefficient (Wildman–Crippen LogP) is 6.07. The number of hydrogen-bond acceptors (Lipinski definition) is 3. The maximum absolute atomic E-state index is 11.0. The van der Waals surface area contributed by atoms with Crippen molar-refractivity contribution in [3.8, 4) is 5.75 Å². The minimum absolute atomic E-state index is 0.223. The number of ether oxygens (including phenoxy) is 2. The van der Waals surface area contributed by atoms with Crippen LogP contribution in [-0.2, 0) is 9.53 Å². The number of carbonyl (C=O) groups is 1. The summed E-state index contributed by atoms with van der Waals surface area (Å²) >= 11 is -2.34. The van der Waals surface area contributed by atoms with Crippen molar-refractivity contribution in [3.05, 3.63) is 24.3 Å². The van der Waals surface area contributed by atoms with Crippen LogP contribution in [0.25, 0.3) is 0 Å². The van der Waals surface area contributed by atoms with E-state index in [1.807, 2.05) is 6.92 Å². The fraction of sp³-hybridized carbons (Fsp3) is 0.696. The molecule has 1 aromatic carbocycles. The van der Waals surface area contributed by atoms with Gasteiger partial charge in [-0.2, -0.15) is 0 Å². The summed E-state index contributed by atoms with van der Waals surface area (Å²) in [5.41, 5.74) is 0. The third kappa shape index (κ3) is 8.89. The molecule has 1 aromatic rings. The number of esters is 1. The average Bonchev–Trinajstić information content (AvgIpc) is 2.66. The summed E-state index contributed by atoms with van der Waals surface area (Å²) in [5, 5.41) is 0. The van der Waals surface area contributed by atoms with E-state index in [4.69, 9.17) is 9.47 Å². The normalized spacial score (nSPS) is 12.6. The van der Waals surface area contributed by atoms with E-state index in [-0.39, 0.29) is 12.1 Å². The van der Waals surface area contributed by atoms with Crippen LogP contribution >= 0.6 is 0 Å². The molecule has 1 atom stereocenters. The topological polar surface area (TPSA) is 35.5 Å². The standard InChI is InChI=1S/C11H13O3.3C4H9.Sn/c1-9(14-10(2)12)8-13-11-6-4-3-5-7-11;3*1-3-4-2;/h4-7,9H,8H2,1-2H3;3*1,3-4H2,2H3;/t9-;;;;/m1..../s1. The van der Waals surface area contributed by atoms with Crippen molar-refractivity contribution >= 4 is 27.9 Å². The number of unbranched alkanes of at least 4 members (excludes halogenated alkanes) is 3. The maximum atomic E-state index is 11.0. The summed E-state index contributed by atoms with van der Waals surface area (Å²) in [5.74, 6) is 0.613. The molecule has 0 radical (unpaired) electrons. The van der Waals surface area contributed by atoms with Gasteiger partial charge in [0.05, 0.1) is 0 Å².